The maximum Gasteiger partial charge on any atom is 0.337 e. The second-order valence-corrected chi connectivity index (χ2v) is 6.82. The van der Waals surface area contributed by atoms with Crippen molar-refractivity contribution in [1.82, 2.24) is 19.7 Å². The second kappa shape index (κ2) is 7.63. The number of carbonyl (C=O) groups excluding carboxylic acids is 1. The Labute approximate surface area is 167 Å². The number of benzene rings is 2. The summed E-state index contributed by atoms with van der Waals surface area (Å²) in [6.07, 6.45) is 5.35. The van der Waals surface area contributed by atoms with E-state index in [9.17, 15) is 14.7 Å². The van der Waals surface area contributed by atoms with E-state index in [-0.39, 0.29) is 11.5 Å². The van der Waals surface area contributed by atoms with Gasteiger partial charge in [0.1, 0.15) is 0 Å². The molecule has 1 amide bonds. The van der Waals surface area contributed by atoms with E-state index in [1.807, 2.05) is 45.8 Å². The Morgan fingerprint density at radius 1 is 1.03 bits per heavy atom. The number of carboxylic acid groups (broad SMARTS) is 1. The van der Waals surface area contributed by atoms with Gasteiger partial charge >= 0.3 is 5.97 Å². The summed E-state index contributed by atoms with van der Waals surface area (Å²) in [6.45, 7) is 1.15. The molecule has 7 heteroatoms. The molecule has 0 saturated heterocycles. The fraction of sp³-hybridized carbons (Fsp3) is 0.136. The average molecular weight is 388 g/mol. The van der Waals surface area contributed by atoms with Gasteiger partial charge in [-0.05, 0) is 23.8 Å². The highest BCUT2D eigenvalue weighted by Gasteiger charge is 2.16. The summed E-state index contributed by atoms with van der Waals surface area (Å²) in [7, 11) is 1.54. The molecule has 0 atom stereocenters. The Bertz CT molecular complexity index is 1190. The molecule has 29 heavy (non-hydrogen) atoms. The molecule has 0 aliphatic rings. The van der Waals surface area contributed by atoms with Gasteiger partial charge in [0.25, 0.3) is 5.91 Å². The molecule has 7 nitrogen and oxygen atoms in total. The van der Waals surface area contributed by atoms with E-state index in [1.54, 1.807) is 37.6 Å². The zero-order chi connectivity index (χ0) is 20.4. The third kappa shape index (κ3) is 3.75. The zero-order valence-corrected chi connectivity index (χ0v) is 15.9. The van der Waals surface area contributed by atoms with E-state index in [0.29, 0.717) is 24.0 Å². The average Bonchev–Trinajstić information content (AvgIpc) is 3.32. The number of rotatable bonds is 6. The van der Waals surface area contributed by atoms with E-state index in [1.165, 1.54) is 0 Å². The van der Waals surface area contributed by atoms with Crippen LogP contribution in [0.3, 0.4) is 0 Å². The van der Waals surface area contributed by atoms with Crippen molar-refractivity contribution in [3.8, 4) is 0 Å². The Hall–Kier alpha value is -3.87. The van der Waals surface area contributed by atoms with Crippen molar-refractivity contribution < 1.29 is 14.7 Å². The van der Waals surface area contributed by atoms with Gasteiger partial charge < -0.3 is 15.0 Å². The Balaban J connectivity index is 1.64. The van der Waals surface area contributed by atoms with Crippen LogP contribution in [0.4, 0.5) is 0 Å². The van der Waals surface area contributed by atoms with Crippen molar-refractivity contribution in [3.05, 3.63) is 89.4 Å². The van der Waals surface area contributed by atoms with E-state index < -0.39 is 5.97 Å². The minimum atomic E-state index is -1.03. The van der Waals surface area contributed by atoms with Crippen LogP contribution < -0.4 is 5.32 Å². The fourth-order valence-electron chi connectivity index (χ4n) is 3.43. The highest BCUT2D eigenvalue weighted by atomic mass is 16.4. The minimum Gasteiger partial charge on any atom is -0.478 e. The number of carboxylic acids is 1. The highest BCUT2D eigenvalue weighted by molar-refractivity contribution is 6.06. The number of aromatic nitrogens is 3. The van der Waals surface area contributed by atoms with Gasteiger partial charge in [0.2, 0.25) is 0 Å². The molecular weight excluding hydrogens is 368 g/mol. The number of fused-ring (bicyclic) bond motifs is 1. The number of aromatic carboxylic acids is 1. The Morgan fingerprint density at radius 3 is 2.55 bits per heavy atom. The van der Waals surface area contributed by atoms with Crippen molar-refractivity contribution in [1.29, 1.82) is 0 Å². The molecule has 0 fully saturated rings. The van der Waals surface area contributed by atoms with Crippen LogP contribution >= 0.6 is 0 Å². The van der Waals surface area contributed by atoms with Crippen molar-refractivity contribution in [2.24, 2.45) is 0 Å². The first-order valence-electron chi connectivity index (χ1n) is 9.18. The van der Waals surface area contributed by atoms with Gasteiger partial charge in [-0.2, -0.15) is 5.10 Å². The third-order valence-electron chi connectivity index (χ3n) is 4.83. The molecule has 2 heterocycles. The summed E-state index contributed by atoms with van der Waals surface area (Å²) in [6, 6.07) is 15.1. The molecule has 0 aliphatic heterocycles. The highest BCUT2D eigenvalue weighted by Crippen LogP contribution is 2.24. The van der Waals surface area contributed by atoms with Gasteiger partial charge in [-0.1, -0.05) is 30.3 Å². The van der Waals surface area contributed by atoms with Gasteiger partial charge in [-0.15, -0.1) is 0 Å². The monoisotopic (exact) mass is 388 g/mol. The first-order valence-corrected chi connectivity index (χ1v) is 9.18. The lowest BCUT2D eigenvalue weighted by atomic mass is 10.1. The van der Waals surface area contributed by atoms with E-state index in [4.69, 9.17) is 0 Å². The summed E-state index contributed by atoms with van der Waals surface area (Å²) < 4.78 is 3.73. The lowest BCUT2D eigenvalue weighted by Gasteiger charge is -2.05. The molecule has 2 aromatic carbocycles. The third-order valence-corrected chi connectivity index (χ3v) is 4.83. The van der Waals surface area contributed by atoms with Gasteiger partial charge in [-0.3, -0.25) is 9.48 Å². The molecule has 0 spiro atoms. The van der Waals surface area contributed by atoms with E-state index in [0.717, 1.165) is 16.6 Å². The molecule has 4 aromatic rings. The summed E-state index contributed by atoms with van der Waals surface area (Å²) in [5.74, 6) is -1.28. The number of nitrogens with zero attached hydrogens (tertiary/aromatic N) is 3. The van der Waals surface area contributed by atoms with Crippen molar-refractivity contribution in [2.45, 2.75) is 13.1 Å². The van der Waals surface area contributed by atoms with E-state index >= 15 is 0 Å². The van der Waals surface area contributed by atoms with Crippen molar-refractivity contribution in [2.75, 3.05) is 7.05 Å². The molecule has 0 unspecified atom stereocenters. The van der Waals surface area contributed by atoms with Gasteiger partial charge in [-0.25, -0.2) is 4.79 Å². The number of carbonyl (C=O) groups is 2. The molecule has 0 aliphatic carbocycles. The molecule has 2 N–H and O–H groups in total. The molecule has 0 radical (unpaired) electrons. The fourth-order valence-corrected chi connectivity index (χ4v) is 3.43. The summed E-state index contributed by atoms with van der Waals surface area (Å²) in [5, 5.41) is 17.1. The van der Waals surface area contributed by atoms with Gasteiger partial charge in [0.05, 0.1) is 24.8 Å². The smallest absolute Gasteiger partial charge is 0.337 e. The maximum absolute atomic E-state index is 11.9. The number of hydrogen-bond donors (Lipinski definition) is 2. The molecule has 146 valence electrons. The lowest BCUT2D eigenvalue weighted by molar-refractivity contribution is 0.0698. The standard InChI is InChI=1S/C22H20N4O3/c1-23-21(27)17-7-8-20-18(9-17)19(22(28)29)14-25(20)11-16-10-24-26(13-16)12-15-5-3-2-4-6-15/h2-10,13-14H,11-12H2,1H3,(H,23,27)(H,28,29). The first-order chi connectivity index (χ1) is 14.0. The largest absolute Gasteiger partial charge is 0.478 e. The van der Waals surface area contributed by atoms with Gasteiger partial charge in [0.15, 0.2) is 0 Å². The summed E-state index contributed by atoms with van der Waals surface area (Å²) in [5.41, 5.74) is 3.47. The first kappa shape index (κ1) is 18.5. The predicted molar refractivity (Wildman–Crippen MR) is 109 cm³/mol. The lowest BCUT2D eigenvalue weighted by Crippen LogP contribution is -2.17. The van der Waals surface area contributed by atoms with Crippen LogP contribution in [0.15, 0.2) is 67.1 Å². The predicted octanol–water partition coefficient (Wildman–Crippen LogP) is 2.99. The SMILES string of the molecule is CNC(=O)c1ccc2c(c1)c(C(=O)O)cn2Cc1cnn(Cc2ccccc2)c1. The number of hydrogen-bond acceptors (Lipinski definition) is 3. The molecule has 0 saturated carbocycles. The summed E-state index contributed by atoms with van der Waals surface area (Å²) in [4.78, 5) is 23.6. The topological polar surface area (TPSA) is 89.2 Å². The molecule has 4 rings (SSSR count). The van der Waals surface area contributed by atoms with Crippen LogP contribution in [-0.4, -0.2) is 38.4 Å². The minimum absolute atomic E-state index is 0.169. The molecular formula is C22H20N4O3. The van der Waals surface area contributed by atoms with Crippen LogP contribution in [0.1, 0.15) is 31.8 Å². The second-order valence-electron chi connectivity index (χ2n) is 6.82. The zero-order valence-electron chi connectivity index (χ0n) is 15.9. The Kier molecular flexibility index (Phi) is 4.87. The van der Waals surface area contributed by atoms with Crippen molar-refractivity contribution in [3.63, 3.8) is 0 Å². The van der Waals surface area contributed by atoms with Crippen LogP contribution in [0.5, 0.6) is 0 Å². The quantitative estimate of drug-likeness (QED) is 0.531. The number of nitrogens with one attached hydrogen (secondary N) is 1. The van der Waals surface area contributed by atoms with Gasteiger partial charge in [0, 0.05) is 41.5 Å². The van der Waals surface area contributed by atoms with Crippen LogP contribution in [0, 0.1) is 0 Å². The van der Waals surface area contributed by atoms with Crippen LogP contribution in [0.2, 0.25) is 0 Å². The number of amides is 1. The normalized spacial score (nSPS) is 10.9. The van der Waals surface area contributed by atoms with E-state index in [2.05, 4.69) is 10.4 Å². The maximum atomic E-state index is 11.9. The van der Waals surface area contributed by atoms with Crippen LogP contribution in [0.25, 0.3) is 10.9 Å². The summed E-state index contributed by atoms with van der Waals surface area (Å²) >= 11 is 0. The molecule has 0 bridgehead atoms. The van der Waals surface area contributed by atoms with Crippen LogP contribution in [-0.2, 0) is 13.1 Å². The Morgan fingerprint density at radius 2 is 1.83 bits per heavy atom. The molecule has 2 aromatic heterocycles. The van der Waals surface area contributed by atoms with Crippen molar-refractivity contribution >= 4 is 22.8 Å².